The number of H-pyrrole nitrogens is 1. The molecule has 1 saturated heterocycles. The summed E-state index contributed by atoms with van der Waals surface area (Å²) >= 11 is 0. The van der Waals surface area contributed by atoms with Crippen LogP contribution in [0, 0.1) is 23.0 Å². The van der Waals surface area contributed by atoms with Crippen LogP contribution in [0.15, 0.2) is 54.7 Å². The van der Waals surface area contributed by atoms with Gasteiger partial charge in [-0.3, -0.25) is 9.89 Å². The molecule has 1 aliphatic heterocycles. The zero-order valence-corrected chi connectivity index (χ0v) is 17.2. The average Bonchev–Trinajstić information content (AvgIpc) is 3.23. The molecule has 1 aliphatic rings. The molecule has 3 aromatic rings. The lowest BCUT2D eigenvalue weighted by atomic mass is 9.86. The Balaban J connectivity index is 1.40. The van der Waals surface area contributed by atoms with E-state index < -0.39 is 29.1 Å². The molecular weight excluding hydrogens is 432 g/mol. The molecule has 11 heteroatoms. The zero-order chi connectivity index (χ0) is 23.4. The number of likely N-dealkylation sites (tertiary alicyclic amines) is 1. The molecule has 9 nitrogen and oxygen atoms in total. The van der Waals surface area contributed by atoms with Gasteiger partial charge in [-0.15, -0.1) is 0 Å². The Morgan fingerprint density at radius 1 is 1.12 bits per heavy atom. The van der Waals surface area contributed by atoms with Gasteiger partial charge in [0, 0.05) is 30.5 Å². The molecule has 0 bridgehead atoms. The van der Waals surface area contributed by atoms with Crippen LogP contribution in [0.25, 0.3) is 0 Å². The Morgan fingerprint density at radius 3 is 2.58 bits per heavy atom. The molecule has 168 valence electrons. The Morgan fingerprint density at radius 2 is 1.88 bits per heavy atom. The Labute approximate surface area is 187 Å². The van der Waals surface area contributed by atoms with Crippen molar-refractivity contribution in [1.82, 2.24) is 20.4 Å². The standard InChI is InChI=1S/C22H19F2N7O2/c23-17-7-6-15(10-18(17)24)28-21(33)31-12-22(13-31,8-9-25)29-20(32)16-11-26-30-19(16)27-14-4-2-1-3-5-14/h1-7,10-11H,8,12-13H2,(H,28,33)(H,29,32)(H2,26,27,30). The van der Waals surface area contributed by atoms with Crippen molar-refractivity contribution in [2.75, 3.05) is 23.7 Å². The number of para-hydroxylation sites is 1. The molecule has 2 aromatic carbocycles. The summed E-state index contributed by atoms with van der Waals surface area (Å²) in [6.07, 6.45) is 1.35. The number of hydrogen-bond donors (Lipinski definition) is 4. The quantitative estimate of drug-likeness (QED) is 0.457. The Hall–Kier alpha value is -4.46. The van der Waals surface area contributed by atoms with Crippen LogP contribution in [-0.2, 0) is 0 Å². The lowest BCUT2D eigenvalue weighted by molar-refractivity contribution is 0.0609. The highest BCUT2D eigenvalue weighted by molar-refractivity contribution is 6.00. The number of urea groups is 1. The van der Waals surface area contributed by atoms with E-state index in [4.69, 9.17) is 0 Å². The van der Waals surface area contributed by atoms with Crippen LogP contribution in [0.5, 0.6) is 0 Å². The maximum absolute atomic E-state index is 13.4. The highest BCUT2D eigenvalue weighted by Gasteiger charge is 2.46. The number of benzene rings is 2. The number of hydrogen-bond acceptors (Lipinski definition) is 5. The average molecular weight is 451 g/mol. The molecule has 1 aromatic heterocycles. The van der Waals surface area contributed by atoms with Gasteiger partial charge in [0.1, 0.15) is 11.4 Å². The van der Waals surface area contributed by atoms with Crippen LogP contribution in [0.4, 0.5) is 30.8 Å². The van der Waals surface area contributed by atoms with Gasteiger partial charge < -0.3 is 20.9 Å². The van der Waals surface area contributed by atoms with E-state index >= 15 is 0 Å². The highest BCUT2D eigenvalue weighted by Crippen LogP contribution is 2.27. The molecule has 0 saturated carbocycles. The molecule has 3 amide bonds. The molecule has 0 atom stereocenters. The summed E-state index contributed by atoms with van der Waals surface area (Å²) in [7, 11) is 0. The number of carbonyl (C=O) groups excluding carboxylic acids is 2. The third-order valence-corrected chi connectivity index (χ3v) is 5.17. The fourth-order valence-electron chi connectivity index (χ4n) is 3.52. The van der Waals surface area contributed by atoms with Crippen molar-refractivity contribution in [3.8, 4) is 6.07 Å². The third kappa shape index (κ3) is 4.74. The fraction of sp³-hybridized carbons (Fsp3) is 0.182. The van der Waals surface area contributed by atoms with Gasteiger partial charge in [0.05, 0.1) is 24.2 Å². The van der Waals surface area contributed by atoms with Crippen molar-refractivity contribution in [3.63, 3.8) is 0 Å². The first-order chi connectivity index (χ1) is 15.9. The molecule has 1 fully saturated rings. The number of carbonyl (C=O) groups is 2. The summed E-state index contributed by atoms with van der Waals surface area (Å²) in [6, 6.07) is 13.7. The van der Waals surface area contributed by atoms with Gasteiger partial charge in [0.2, 0.25) is 0 Å². The van der Waals surface area contributed by atoms with Gasteiger partial charge in [0.25, 0.3) is 5.91 Å². The fourth-order valence-corrected chi connectivity index (χ4v) is 3.52. The Bertz CT molecular complexity index is 1220. The van der Waals surface area contributed by atoms with Gasteiger partial charge >= 0.3 is 6.03 Å². The number of nitrogens with zero attached hydrogens (tertiary/aromatic N) is 3. The van der Waals surface area contributed by atoms with E-state index in [2.05, 4.69) is 26.1 Å². The first-order valence-corrected chi connectivity index (χ1v) is 9.95. The van der Waals surface area contributed by atoms with Crippen molar-refractivity contribution in [2.24, 2.45) is 0 Å². The summed E-state index contributed by atoms with van der Waals surface area (Å²) in [5, 5.41) is 24.3. The normalized spacial score (nSPS) is 14.0. The van der Waals surface area contributed by atoms with Crippen LogP contribution in [0.2, 0.25) is 0 Å². The SMILES string of the molecule is N#CCC1(NC(=O)c2cn[nH]c2Nc2ccccc2)CN(C(=O)Nc2ccc(F)c(F)c2)C1. The number of nitriles is 1. The molecule has 2 heterocycles. The molecule has 0 radical (unpaired) electrons. The second kappa shape index (κ2) is 8.96. The topological polar surface area (TPSA) is 126 Å². The van der Waals surface area contributed by atoms with Crippen LogP contribution in [0.1, 0.15) is 16.8 Å². The largest absolute Gasteiger partial charge is 0.342 e. The third-order valence-electron chi connectivity index (χ3n) is 5.17. The van der Waals surface area contributed by atoms with Gasteiger partial charge in [-0.05, 0) is 24.3 Å². The molecule has 0 spiro atoms. The number of aromatic nitrogens is 2. The summed E-state index contributed by atoms with van der Waals surface area (Å²) in [5.41, 5.74) is 0.154. The van der Waals surface area contributed by atoms with E-state index in [0.29, 0.717) is 5.82 Å². The van der Waals surface area contributed by atoms with Crippen LogP contribution in [-0.4, -0.2) is 45.7 Å². The molecule has 4 N–H and O–H groups in total. The van der Waals surface area contributed by atoms with Gasteiger partial charge in [0.15, 0.2) is 11.6 Å². The monoisotopic (exact) mass is 451 g/mol. The number of nitrogens with one attached hydrogen (secondary N) is 4. The van der Waals surface area contributed by atoms with Crippen molar-refractivity contribution in [1.29, 1.82) is 5.26 Å². The van der Waals surface area contributed by atoms with Crippen molar-refractivity contribution in [3.05, 3.63) is 71.9 Å². The second-order valence-electron chi connectivity index (χ2n) is 7.63. The summed E-state index contributed by atoms with van der Waals surface area (Å²) < 4.78 is 26.4. The molecule has 33 heavy (non-hydrogen) atoms. The number of amides is 3. The van der Waals surface area contributed by atoms with E-state index in [-0.39, 0.29) is 30.8 Å². The minimum absolute atomic E-state index is 0.0208. The van der Waals surface area contributed by atoms with Gasteiger partial charge in [-0.1, -0.05) is 18.2 Å². The van der Waals surface area contributed by atoms with E-state index in [1.54, 1.807) is 0 Å². The van der Waals surface area contributed by atoms with E-state index in [9.17, 15) is 23.6 Å². The first-order valence-electron chi connectivity index (χ1n) is 9.95. The van der Waals surface area contributed by atoms with Crippen molar-refractivity contribution >= 4 is 29.1 Å². The van der Waals surface area contributed by atoms with Crippen molar-refractivity contribution in [2.45, 2.75) is 12.0 Å². The van der Waals surface area contributed by atoms with Gasteiger partial charge in [-0.2, -0.15) is 10.4 Å². The summed E-state index contributed by atoms with van der Waals surface area (Å²) in [6.45, 7) is 0.141. The second-order valence-corrected chi connectivity index (χ2v) is 7.63. The number of aromatic amines is 1. The molecule has 0 unspecified atom stereocenters. The first kappa shape index (κ1) is 21.8. The lowest BCUT2D eigenvalue weighted by Gasteiger charge is -2.49. The molecule has 4 rings (SSSR count). The zero-order valence-electron chi connectivity index (χ0n) is 17.2. The number of anilines is 3. The summed E-state index contributed by atoms with van der Waals surface area (Å²) in [4.78, 5) is 26.7. The maximum atomic E-state index is 13.4. The van der Waals surface area contributed by atoms with Crippen LogP contribution >= 0.6 is 0 Å². The Kier molecular flexibility index (Phi) is 5.91. The van der Waals surface area contributed by atoms with Crippen molar-refractivity contribution < 1.29 is 18.4 Å². The number of halogens is 2. The molecular formula is C22H19F2N7O2. The van der Waals surface area contributed by atoms with Gasteiger partial charge in [-0.25, -0.2) is 13.6 Å². The van der Waals surface area contributed by atoms with E-state index in [0.717, 1.165) is 17.8 Å². The van der Waals surface area contributed by atoms with Crippen LogP contribution < -0.4 is 16.0 Å². The number of rotatable bonds is 6. The summed E-state index contributed by atoms with van der Waals surface area (Å²) in [5.74, 6) is -2.17. The predicted molar refractivity (Wildman–Crippen MR) is 116 cm³/mol. The minimum Gasteiger partial charge on any atom is -0.342 e. The maximum Gasteiger partial charge on any atom is 0.322 e. The smallest absolute Gasteiger partial charge is 0.322 e. The molecule has 0 aliphatic carbocycles. The predicted octanol–water partition coefficient (Wildman–Crippen LogP) is 3.36. The highest BCUT2D eigenvalue weighted by atomic mass is 19.2. The minimum atomic E-state index is -1.08. The lowest BCUT2D eigenvalue weighted by Crippen LogP contribution is -2.71. The van der Waals surface area contributed by atoms with Crippen LogP contribution in [0.3, 0.4) is 0 Å². The van der Waals surface area contributed by atoms with E-state index in [1.165, 1.54) is 17.2 Å². The van der Waals surface area contributed by atoms with E-state index in [1.807, 2.05) is 36.4 Å².